The summed E-state index contributed by atoms with van der Waals surface area (Å²) in [4.78, 5) is 43.0. The molecule has 0 spiro atoms. The Bertz CT molecular complexity index is 1770. The Hall–Kier alpha value is -4.86. The number of fused-ring (bicyclic) bond motifs is 4. The number of benzene rings is 3. The lowest BCUT2D eigenvalue weighted by Crippen LogP contribution is -2.47. The first-order valence-corrected chi connectivity index (χ1v) is 14.4. The first-order valence-electron chi connectivity index (χ1n) is 14.4. The summed E-state index contributed by atoms with van der Waals surface area (Å²) in [5.74, 6) is -0.708. The Balaban J connectivity index is 1.33. The summed E-state index contributed by atoms with van der Waals surface area (Å²) >= 11 is 0. The summed E-state index contributed by atoms with van der Waals surface area (Å²) < 4.78 is 42.0. The molecule has 10 heteroatoms. The van der Waals surface area contributed by atoms with Crippen LogP contribution in [0.4, 0.5) is 24.5 Å². The van der Waals surface area contributed by atoms with Gasteiger partial charge in [-0.1, -0.05) is 42.5 Å². The molecule has 0 radical (unpaired) electrons. The lowest BCUT2D eigenvalue weighted by atomic mass is 9.83. The Morgan fingerprint density at radius 3 is 2.43 bits per heavy atom. The van der Waals surface area contributed by atoms with Crippen molar-refractivity contribution in [2.75, 3.05) is 30.4 Å². The highest BCUT2D eigenvalue weighted by Gasteiger charge is 2.36. The maximum absolute atomic E-state index is 13.5. The number of piperidine rings is 1. The molecule has 2 bridgehead atoms. The molecule has 2 amide bonds. The standard InChI is InChI=1S/C34H31F3N4O3/c1-39(18-22-7-3-2-4-8-22)33(44)25-13-14-30(28(17-25)38-32(43)24-9-5-10-27(16-24)34(35,36)37)40-19-23-15-26(21-40)29-11-6-12-31(42)41(29)20-23/h2-14,16-17,23,26H,15,18-21H2,1H3,(H,38,43)/t23-,26+/m1/s1. The molecule has 3 aromatic carbocycles. The largest absolute Gasteiger partial charge is 0.416 e. The van der Waals surface area contributed by atoms with Gasteiger partial charge in [-0.3, -0.25) is 14.4 Å². The van der Waals surface area contributed by atoms with E-state index in [1.165, 1.54) is 12.1 Å². The number of carbonyl (C=O) groups is 2. The molecule has 7 nitrogen and oxygen atoms in total. The Morgan fingerprint density at radius 2 is 1.66 bits per heavy atom. The second-order valence-electron chi connectivity index (χ2n) is 11.5. The Labute approximate surface area is 252 Å². The Morgan fingerprint density at radius 1 is 0.886 bits per heavy atom. The molecule has 1 N–H and O–H groups in total. The number of pyridine rings is 1. The third kappa shape index (κ3) is 5.97. The van der Waals surface area contributed by atoms with Gasteiger partial charge in [0.15, 0.2) is 0 Å². The van der Waals surface area contributed by atoms with Crippen LogP contribution in [0.1, 0.15) is 49.9 Å². The smallest absolute Gasteiger partial charge is 0.369 e. The summed E-state index contributed by atoms with van der Waals surface area (Å²) in [5.41, 5.74) is 2.15. The van der Waals surface area contributed by atoms with E-state index in [9.17, 15) is 27.6 Å². The number of amides is 2. The number of nitrogens with zero attached hydrogens (tertiary/aromatic N) is 3. The van der Waals surface area contributed by atoms with Gasteiger partial charge in [0.25, 0.3) is 17.4 Å². The topological polar surface area (TPSA) is 74.7 Å². The number of alkyl halides is 3. The quantitative estimate of drug-likeness (QED) is 0.294. The number of anilines is 2. The molecule has 4 aromatic rings. The summed E-state index contributed by atoms with van der Waals surface area (Å²) in [7, 11) is 1.69. The van der Waals surface area contributed by atoms with E-state index >= 15 is 0 Å². The SMILES string of the molecule is CN(Cc1ccccc1)C(=O)c1ccc(N2C[C@H]3C[C@@H](C2)c2cccc(=O)n2C3)c(NC(=O)c2cccc(C(F)(F)F)c2)c1. The van der Waals surface area contributed by atoms with Crippen LogP contribution in [0.3, 0.4) is 0 Å². The average molecular weight is 601 g/mol. The van der Waals surface area contributed by atoms with E-state index in [1.54, 1.807) is 42.3 Å². The highest BCUT2D eigenvalue weighted by atomic mass is 19.4. The molecule has 0 aliphatic carbocycles. The van der Waals surface area contributed by atoms with Gasteiger partial charge in [0.1, 0.15) is 0 Å². The number of hydrogen-bond donors (Lipinski definition) is 1. The van der Waals surface area contributed by atoms with E-state index in [0.29, 0.717) is 43.1 Å². The molecule has 1 aromatic heterocycles. The highest BCUT2D eigenvalue weighted by molar-refractivity contribution is 6.07. The van der Waals surface area contributed by atoms with Crippen molar-refractivity contribution in [3.05, 3.63) is 129 Å². The van der Waals surface area contributed by atoms with Crippen molar-refractivity contribution in [2.24, 2.45) is 5.92 Å². The van der Waals surface area contributed by atoms with E-state index in [2.05, 4.69) is 10.2 Å². The van der Waals surface area contributed by atoms with Gasteiger partial charge in [-0.05, 0) is 60.4 Å². The van der Waals surface area contributed by atoms with Crippen LogP contribution < -0.4 is 15.8 Å². The van der Waals surface area contributed by atoms with Gasteiger partial charge in [-0.15, -0.1) is 0 Å². The van der Waals surface area contributed by atoms with Crippen LogP contribution in [0.15, 0.2) is 95.8 Å². The van der Waals surface area contributed by atoms with Crippen LogP contribution >= 0.6 is 0 Å². The second kappa shape index (κ2) is 11.7. The van der Waals surface area contributed by atoms with Gasteiger partial charge in [0, 0.05) is 62.0 Å². The zero-order chi connectivity index (χ0) is 31.0. The maximum Gasteiger partial charge on any atom is 0.416 e. The highest BCUT2D eigenvalue weighted by Crippen LogP contribution is 2.39. The number of nitrogens with one attached hydrogen (secondary N) is 1. The molecule has 226 valence electrons. The molecule has 3 heterocycles. The molecule has 2 aliphatic rings. The normalized spacial score (nSPS) is 17.5. The third-order valence-corrected chi connectivity index (χ3v) is 8.37. The van der Waals surface area contributed by atoms with Crippen LogP contribution in [0.2, 0.25) is 0 Å². The summed E-state index contributed by atoms with van der Waals surface area (Å²) in [6.45, 7) is 2.15. The fraction of sp³-hybridized carbons (Fsp3) is 0.265. The summed E-state index contributed by atoms with van der Waals surface area (Å²) in [6, 6.07) is 24.2. The van der Waals surface area contributed by atoms with E-state index in [0.717, 1.165) is 29.8 Å². The maximum atomic E-state index is 13.5. The van der Waals surface area contributed by atoms with Crippen molar-refractivity contribution in [2.45, 2.75) is 31.6 Å². The van der Waals surface area contributed by atoms with Crippen LogP contribution in [0.25, 0.3) is 0 Å². The number of halogens is 3. The van der Waals surface area contributed by atoms with Crippen LogP contribution in [-0.4, -0.2) is 41.4 Å². The van der Waals surface area contributed by atoms with Gasteiger partial charge in [-0.25, -0.2) is 0 Å². The molecule has 6 rings (SSSR count). The second-order valence-corrected chi connectivity index (χ2v) is 11.5. The van der Waals surface area contributed by atoms with Gasteiger partial charge >= 0.3 is 6.18 Å². The molecular formula is C34H31F3N4O3. The van der Waals surface area contributed by atoms with E-state index < -0.39 is 17.6 Å². The van der Waals surface area contributed by atoms with E-state index in [-0.39, 0.29) is 28.9 Å². The molecule has 1 saturated heterocycles. The monoisotopic (exact) mass is 600 g/mol. The number of aromatic nitrogens is 1. The summed E-state index contributed by atoms with van der Waals surface area (Å²) in [6.07, 6.45) is -3.67. The minimum absolute atomic E-state index is 0.0258. The minimum atomic E-state index is -4.60. The van der Waals surface area contributed by atoms with Crippen LogP contribution in [0.5, 0.6) is 0 Å². The fourth-order valence-electron chi connectivity index (χ4n) is 6.32. The first-order chi connectivity index (χ1) is 21.1. The van der Waals surface area contributed by atoms with Gasteiger partial charge in [0.05, 0.1) is 16.9 Å². The lowest BCUT2D eigenvalue weighted by molar-refractivity contribution is -0.137. The zero-order valence-corrected chi connectivity index (χ0v) is 24.1. The zero-order valence-electron chi connectivity index (χ0n) is 24.1. The van der Waals surface area contributed by atoms with Gasteiger partial charge in [-0.2, -0.15) is 13.2 Å². The Kier molecular flexibility index (Phi) is 7.75. The predicted molar refractivity (Wildman–Crippen MR) is 162 cm³/mol. The van der Waals surface area contributed by atoms with Crippen molar-refractivity contribution < 1.29 is 22.8 Å². The average Bonchev–Trinajstić information content (AvgIpc) is 3.01. The molecule has 2 atom stereocenters. The summed E-state index contributed by atoms with van der Waals surface area (Å²) in [5, 5.41) is 2.81. The number of rotatable bonds is 6. The van der Waals surface area contributed by atoms with E-state index in [4.69, 9.17) is 0 Å². The molecule has 0 saturated carbocycles. The van der Waals surface area contributed by atoms with Gasteiger partial charge in [0.2, 0.25) is 0 Å². The number of carbonyl (C=O) groups excluding carboxylic acids is 2. The van der Waals surface area contributed by atoms with Crippen molar-refractivity contribution in [3.8, 4) is 0 Å². The molecule has 1 fully saturated rings. The van der Waals surface area contributed by atoms with E-state index in [1.807, 2.05) is 41.0 Å². The van der Waals surface area contributed by atoms with Gasteiger partial charge < -0.3 is 19.7 Å². The lowest BCUT2D eigenvalue weighted by Gasteiger charge is -2.44. The molecule has 44 heavy (non-hydrogen) atoms. The molecule has 2 aliphatic heterocycles. The van der Waals surface area contributed by atoms with Crippen molar-refractivity contribution in [1.29, 1.82) is 0 Å². The fourth-order valence-corrected chi connectivity index (χ4v) is 6.32. The number of hydrogen-bond acceptors (Lipinski definition) is 4. The van der Waals surface area contributed by atoms with Crippen molar-refractivity contribution in [1.82, 2.24) is 9.47 Å². The minimum Gasteiger partial charge on any atom is -0.369 e. The first kappa shape index (κ1) is 29.2. The molecular weight excluding hydrogens is 569 g/mol. The third-order valence-electron chi connectivity index (χ3n) is 8.37. The van der Waals surface area contributed by atoms with Crippen LogP contribution in [0, 0.1) is 5.92 Å². The molecule has 0 unspecified atom stereocenters. The van der Waals surface area contributed by atoms with Crippen molar-refractivity contribution in [3.63, 3.8) is 0 Å². The van der Waals surface area contributed by atoms with Crippen molar-refractivity contribution >= 4 is 23.2 Å². The van der Waals surface area contributed by atoms with Crippen LogP contribution in [-0.2, 0) is 19.3 Å². The predicted octanol–water partition coefficient (Wildman–Crippen LogP) is 6.02.